The molecule has 2 rings (SSSR count). The third-order valence-corrected chi connectivity index (χ3v) is 3.74. The Kier molecular flexibility index (Phi) is 4.05. The molecule has 3 nitrogen and oxygen atoms in total. The van der Waals surface area contributed by atoms with E-state index >= 15 is 0 Å². The summed E-state index contributed by atoms with van der Waals surface area (Å²) in [4.78, 5) is 5.24. The van der Waals surface area contributed by atoms with Crippen molar-refractivity contribution in [2.24, 2.45) is 0 Å². The van der Waals surface area contributed by atoms with Crippen molar-refractivity contribution in [3.8, 4) is 11.8 Å². The molecule has 0 radical (unpaired) electrons. The first kappa shape index (κ1) is 11.3. The van der Waals surface area contributed by atoms with Gasteiger partial charge in [0.15, 0.2) is 0 Å². The first-order valence-electron chi connectivity index (χ1n) is 4.58. The maximum Gasteiger partial charge on any atom is 0.255 e. The summed E-state index contributed by atoms with van der Waals surface area (Å²) in [7, 11) is 0. The zero-order chi connectivity index (χ0) is 11.2. The SMILES string of the molecule is OCC#Cc1csc(CSc2ncco2)c1. The molecule has 0 unspecified atom stereocenters. The van der Waals surface area contributed by atoms with Gasteiger partial charge in [-0.25, -0.2) is 4.98 Å². The van der Waals surface area contributed by atoms with E-state index in [1.165, 1.54) is 4.88 Å². The van der Waals surface area contributed by atoms with E-state index in [9.17, 15) is 0 Å². The standard InChI is InChI=1S/C11H9NO2S2/c13-4-1-2-9-6-10(15-7-9)8-16-11-12-3-5-14-11/h3,5-7,13H,4,8H2. The lowest BCUT2D eigenvalue weighted by atomic mass is 10.3. The Morgan fingerprint density at radius 1 is 1.56 bits per heavy atom. The van der Waals surface area contributed by atoms with Crippen molar-refractivity contribution in [3.05, 3.63) is 34.3 Å². The fourth-order valence-corrected chi connectivity index (χ4v) is 2.74. The minimum atomic E-state index is -0.101. The second kappa shape index (κ2) is 5.75. The minimum Gasteiger partial charge on any atom is -0.440 e. The van der Waals surface area contributed by atoms with Crippen LogP contribution in [0.1, 0.15) is 10.4 Å². The van der Waals surface area contributed by atoms with Crippen molar-refractivity contribution in [2.45, 2.75) is 11.0 Å². The van der Waals surface area contributed by atoms with Crippen molar-refractivity contribution in [1.82, 2.24) is 4.98 Å². The highest BCUT2D eigenvalue weighted by Crippen LogP contribution is 2.24. The summed E-state index contributed by atoms with van der Waals surface area (Å²) < 4.78 is 5.12. The van der Waals surface area contributed by atoms with Crippen LogP contribution >= 0.6 is 23.1 Å². The topological polar surface area (TPSA) is 46.3 Å². The highest BCUT2D eigenvalue weighted by atomic mass is 32.2. The van der Waals surface area contributed by atoms with Gasteiger partial charge in [0.25, 0.3) is 5.22 Å². The van der Waals surface area contributed by atoms with Gasteiger partial charge in [0.1, 0.15) is 12.9 Å². The number of thiophene rings is 1. The normalized spacial score (nSPS) is 9.81. The van der Waals surface area contributed by atoms with Gasteiger partial charge >= 0.3 is 0 Å². The van der Waals surface area contributed by atoms with Crippen LogP contribution in [0.3, 0.4) is 0 Å². The third-order valence-electron chi connectivity index (χ3n) is 1.71. The maximum atomic E-state index is 8.57. The van der Waals surface area contributed by atoms with Gasteiger partial charge in [-0.05, 0) is 6.07 Å². The Hall–Kier alpha value is -1.22. The molecule has 0 saturated carbocycles. The predicted octanol–water partition coefficient (Wildman–Crippen LogP) is 2.37. The molecule has 0 spiro atoms. The number of oxazole rings is 1. The van der Waals surface area contributed by atoms with Gasteiger partial charge in [-0.2, -0.15) is 0 Å². The van der Waals surface area contributed by atoms with E-state index in [0.717, 1.165) is 11.3 Å². The zero-order valence-corrected chi connectivity index (χ0v) is 9.98. The number of hydrogen-bond acceptors (Lipinski definition) is 5. The molecule has 0 atom stereocenters. The van der Waals surface area contributed by atoms with Crippen LogP contribution in [0, 0.1) is 11.8 Å². The van der Waals surface area contributed by atoms with Crippen LogP contribution < -0.4 is 0 Å². The van der Waals surface area contributed by atoms with E-state index in [1.54, 1.807) is 35.6 Å². The van der Waals surface area contributed by atoms with Crippen LogP contribution in [0.5, 0.6) is 0 Å². The Morgan fingerprint density at radius 3 is 3.25 bits per heavy atom. The molecule has 16 heavy (non-hydrogen) atoms. The molecule has 0 aromatic carbocycles. The Morgan fingerprint density at radius 2 is 2.50 bits per heavy atom. The number of nitrogens with zero attached hydrogens (tertiary/aromatic N) is 1. The molecule has 2 aromatic rings. The van der Waals surface area contributed by atoms with Crippen LogP contribution in [0.2, 0.25) is 0 Å². The molecule has 2 aromatic heterocycles. The number of aromatic nitrogens is 1. The number of aliphatic hydroxyl groups is 1. The summed E-state index contributed by atoms with van der Waals surface area (Å²) in [6.45, 7) is -0.101. The van der Waals surface area contributed by atoms with E-state index in [4.69, 9.17) is 9.52 Å². The molecule has 1 N–H and O–H groups in total. The molecule has 0 saturated heterocycles. The largest absolute Gasteiger partial charge is 0.440 e. The molecular formula is C11H9NO2S2. The van der Waals surface area contributed by atoms with E-state index in [2.05, 4.69) is 16.8 Å². The molecule has 5 heteroatoms. The Balaban J connectivity index is 1.93. The fourth-order valence-electron chi connectivity index (χ4n) is 1.08. The minimum absolute atomic E-state index is 0.101. The van der Waals surface area contributed by atoms with Gasteiger partial charge in [0.2, 0.25) is 0 Å². The summed E-state index contributed by atoms with van der Waals surface area (Å²) in [5.74, 6) is 6.32. The van der Waals surface area contributed by atoms with Crippen molar-refractivity contribution in [1.29, 1.82) is 0 Å². The van der Waals surface area contributed by atoms with E-state index < -0.39 is 0 Å². The van der Waals surface area contributed by atoms with Gasteiger partial charge in [0.05, 0.1) is 6.20 Å². The second-order valence-electron chi connectivity index (χ2n) is 2.85. The average Bonchev–Trinajstić information content (AvgIpc) is 2.95. The molecule has 0 amide bonds. The fraction of sp³-hybridized carbons (Fsp3) is 0.182. The summed E-state index contributed by atoms with van der Waals surface area (Å²) in [6.07, 6.45) is 3.20. The lowest BCUT2D eigenvalue weighted by Crippen LogP contribution is -1.75. The summed E-state index contributed by atoms with van der Waals surface area (Å²) in [5.41, 5.74) is 0.946. The van der Waals surface area contributed by atoms with Gasteiger partial charge in [-0.15, -0.1) is 11.3 Å². The quantitative estimate of drug-likeness (QED) is 0.672. The number of rotatable bonds is 3. The summed E-state index contributed by atoms with van der Waals surface area (Å²) in [6, 6.07) is 2.02. The van der Waals surface area contributed by atoms with E-state index in [-0.39, 0.29) is 6.61 Å². The first-order chi connectivity index (χ1) is 7.88. The Labute approximate surface area is 102 Å². The lowest BCUT2D eigenvalue weighted by Gasteiger charge is -1.91. The van der Waals surface area contributed by atoms with Crippen LogP contribution in [0.15, 0.2) is 33.5 Å². The zero-order valence-electron chi connectivity index (χ0n) is 8.34. The Bertz CT molecular complexity index is 494. The number of aliphatic hydroxyl groups excluding tert-OH is 1. The second-order valence-corrected chi connectivity index (χ2v) is 4.77. The highest BCUT2D eigenvalue weighted by molar-refractivity contribution is 7.98. The van der Waals surface area contributed by atoms with Crippen LogP contribution in [-0.4, -0.2) is 16.7 Å². The van der Waals surface area contributed by atoms with Gasteiger partial charge in [-0.3, -0.25) is 0 Å². The molecule has 0 fully saturated rings. The number of thioether (sulfide) groups is 1. The maximum absolute atomic E-state index is 8.57. The predicted molar refractivity (Wildman–Crippen MR) is 64.3 cm³/mol. The van der Waals surface area contributed by atoms with Crippen molar-refractivity contribution < 1.29 is 9.52 Å². The van der Waals surface area contributed by atoms with Gasteiger partial charge in [0, 0.05) is 21.6 Å². The molecule has 0 aliphatic rings. The van der Waals surface area contributed by atoms with Crippen LogP contribution in [0.25, 0.3) is 0 Å². The van der Waals surface area contributed by atoms with Gasteiger partial charge in [-0.1, -0.05) is 23.6 Å². The molecule has 0 aliphatic carbocycles. The van der Waals surface area contributed by atoms with Crippen molar-refractivity contribution in [3.63, 3.8) is 0 Å². The smallest absolute Gasteiger partial charge is 0.255 e. The number of hydrogen-bond donors (Lipinski definition) is 1. The monoisotopic (exact) mass is 251 g/mol. The third kappa shape index (κ3) is 3.14. The summed E-state index contributed by atoms with van der Waals surface area (Å²) in [5, 5.41) is 11.2. The molecular weight excluding hydrogens is 242 g/mol. The average molecular weight is 251 g/mol. The van der Waals surface area contributed by atoms with Crippen LogP contribution in [-0.2, 0) is 5.75 Å². The summed E-state index contributed by atoms with van der Waals surface area (Å²) >= 11 is 3.20. The van der Waals surface area contributed by atoms with Gasteiger partial charge < -0.3 is 9.52 Å². The van der Waals surface area contributed by atoms with E-state index in [1.807, 2.05) is 11.4 Å². The molecule has 2 heterocycles. The molecule has 82 valence electrons. The van der Waals surface area contributed by atoms with Crippen molar-refractivity contribution in [2.75, 3.05) is 6.61 Å². The lowest BCUT2D eigenvalue weighted by molar-refractivity contribution is 0.350. The first-order valence-corrected chi connectivity index (χ1v) is 6.44. The molecule has 0 aliphatic heterocycles. The highest BCUT2D eigenvalue weighted by Gasteiger charge is 2.02. The van der Waals surface area contributed by atoms with Crippen LogP contribution in [0.4, 0.5) is 0 Å². The van der Waals surface area contributed by atoms with E-state index in [0.29, 0.717) is 5.22 Å². The molecule has 0 bridgehead atoms. The van der Waals surface area contributed by atoms with Crippen molar-refractivity contribution >= 4 is 23.1 Å².